The van der Waals surface area contributed by atoms with Gasteiger partial charge in [-0.25, -0.2) is 28.8 Å². The van der Waals surface area contributed by atoms with E-state index in [2.05, 4.69) is 63.8 Å². The second kappa shape index (κ2) is 52.6. The van der Waals surface area contributed by atoms with E-state index in [-0.39, 0.29) is 169 Å². The number of carbonyl (C=O) groups is 9. The van der Waals surface area contributed by atoms with Crippen molar-refractivity contribution in [3.63, 3.8) is 0 Å². The van der Waals surface area contributed by atoms with Gasteiger partial charge in [-0.2, -0.15) is 0 Å². The monoisotopic (exact) mass is 1380 g/mol. The first-order valence-corrected chi connectivity index (χ1v) is 31.9. The highest BCUT2D eigenvalue weighted by atomic mass is 16.6. The normalized spacial score (nSPS) is 13.5. The SMILES string of the molecule is C=CC(=O)O.C=CC(=O)OCCO.C=CC(=O)OCCOCC(C)(COCCOC(=O)C=C)COCCOC(=O)CCN1CCN(C(C)(C)C(=O)c2ccc(N3CCN(CCC(=O)OCCOCC(COCC)(COCCOC(=O)C=C)COCCOC(=O)C=C)CC3)cc2)CC1. The summed E-state index contributed by atoms with van der Waals surface area (Å²) >= 11 is 0. The van der Waals surface area contributed by atoms with Gasteiger partial charge < -0.3 is 86.3 Å². The lowest BCUT2D eigenvalue weighted by Crippen LogP contribution is -2.58. The molecule has 0 radical (unpaired) electrons. The number of hydrogen-bond donors (Lipinski definition) is 2. The van der Waals surface area contributed by atoms with Crippen LogP contribution in [0, 0.1) is 10.8 Å². The Hall–Kier alpha value is -7.55. The molecule has 0 spiro atoms. The van der Waals surface area contributed by atoms with Gasteiger partial charge in [-0.1, -0.05) is 46.4 Å². The van der Waals surface area contributed by atoms with Crippen LogP contribution in [-0.2, 0) is 105 Å². The molecule has 1 aromatic rings. The van der Waals surface area contributed by atoms with Crippen LogP contribution in [0.3, 0.4) is 0 Å². The molecular formula is C68H104N4O25. The molecule has 1 aromatic carbocycles. The summed E-state index contributed by atoms with van der Waals surface area (Å²) in [6.45, 7) is 36.8. The molecule has 2 saturated heterocycles. The lowest BCUT2D eigenvalue weighted by atomic mass is 9.90. The molecule has 2 heterocycles. The van der Waals surface area contributed by atoms with Crippen molar-refractivity contribution in [3.8, 4) is 0 Å². The standard InChI is InChI=1S/C60H92N4O20.C5H8O3.C3H4O2/c1-9-51(65)79-36-30-73-42-59(8,43-74-31-37-80-52(66)10-2)44-75-32-40-83-56(70)19-21-62-24-28-64(29-25-62)58(6,7)57(71)49-14-16-50(17-15-49)63-26-22-61(23-27-63)20-18-55(69)84-41-35-78-48-60(45-72-13-5,46-76-33-38-81-53(67)11-3)47-77-34-39-82-54(68)12-4;1-2-5(7)8-4-3-6;1-2-3(4)5/h9-12,14-17H,1-4,13,18-48H2,5-8H3;2,6H,1,3-4H2;2H,1H2,(H,4,5). The second-order valence-corrected chi connectivity index (χ2v) is 22.4. The number of aliphatic hydroxyl groups excluding tert-OH is 1. The summed E-state index contributed by atoms with van der Waals surface area (Å²) in [6.07, 6.45) is 6.60. The minimum atomic E-state index is -0.981. The molecule has 2 aliphatic rings. The van der Waals surface area contributed by atoms with E-state index in [1.165, 1.54) is 0 Å². The number of carboxylic acids is 1. The predicted octanol–water partition coefficient (Wildman–Crippen LogP) is 3.26. The molecular weight excluding hydrogens is 1270 g/mol. The van der Waals surface area contributed by atoms with Crippen molar-refractivity contribution >= 4 is 59.2 Å². The van der Waals surface area contributed by atoms with Crippen LogP contribution in [0.15, 0.2) is 100 Å². The molecule has 29 nitrogen and oxygen atoms in total. The van der Waals surface area contributed by atoms with Crippen molar-refractivity contribution in [1.29, 1.82) is 0 Å². The maximum atomic E-state index is 14.0. The van der Waals surface area contributed by atoms with E-state index < -0.39 is 52.2 Å². The van der Waals surface area contributed by atoms with E-state index in [9.17, 15) is 43.2 Å². The van der Waals surface area contributed by atoms with Gasteiger partial charge in [0.2, 0.25) is 0 Å². The van der Waals surface area contributed by atoms with E-state index >= 15 is 0 Å². The zero-order valence-electron chi connectivity index (χ0n) is 57.1. The Labute approximate surface area is 570 Å². The quantitative estimate of drug-likeness (QED) is 0.0311. The van der Waals surface area contributed by atoms with Gasteiger partial charge in [0.15, 0.2) is 5.78 Å². The number of benzene rings is 1. The fraction of sp³-hybridized carbons (Fsp3) is 0.603. The lowest BCUT2D eigenvalue weighted by molar-refractivity contribution is -0.149. The van der Waals surface area contributed by atoms with Crippen LogP contribution < -0.4 is 4.90 Å². The summed E-state index contributed by atoms with van der Waals surface area (Å²) in [7, 11) is 0. The van der Waals surface area contributed by atoms with Crippen LogP contribution in [-0.4, -0.2) is 295 Å². The largest absolute Gasteiger partial charge is 0.478 e. The first-order chi connectivity index (χ1) is 46.5. The highest BCUT2D eigenvalue weighted by Gasteiger charge is 2.37. The van der Waals surface area contributed by atoms with Crippen molar-refractivity contribution in [2.75, 3.05) is 216 Å². The molecule has 0 aliphatic carbocycles. The smallest absolute Gasteiger partial charge is 0.330 e. The van der Waals surface area contributed by atoms with Gasteiger partial charge in [0.25, 0.3) is 0 Å². The van der Waals surface area contributed by atoms with Crippen LogP contribution in [0.1, 0.15) is 50.9 Å². The minimum Gasteiger partial charge on any atom is -0.478 e. The zero-order chi connectivity index (χ0) is 72.2. The summed E-state index contributed by atoms with van der Waals surface area (Å²) in [5, 5.41) is 15.7. The number of anilines is 1. The Balaban J connectivity index is 0.00000327. The maximum Gasteiger partial charge on any atom is 0.330 e. The Morgan fingerprint density at radius 1 is 0.433 bits per heavy atom. The lowest BCUT2D eigenvalue weighted by Gasteiger charge is -2.43. The van der Waals surface area contributed by atoms with Crippen molar-refractivity contribution in [3.05, 3.63) is 106 Å². The number of piperazine rings is 2. The first kappa shape index (κ1) is 87.5. The van der Waals surface area contributed by atoms with Crippen molar-refractivity contribution in [1.82, 2.24) is 14.7 Å². The molecule has 0 amide bonds. The Kier molecular flexibility index (Phi) is 47.4. The molecule has 0 bridgehead atoms. The minimum absolute atomic E-state index is 0.0269. The number of rotatable bonds is 51. The summed E-state index contributed by atoms with van der Waals surface area (Å²) in [5.41, 5.74) is -0.490. The van der Waals surface area contributed by atoms with E-state index in [0.29, 0.717) is 51.4 Å². The second-order valence-electron chi connectivity index (χ2n) is 22.4. The van der Waals surface area contributed by atoms with Crippen LogP contribution >= 0.6 is 0 Å². The van der Waals surface area contributed by atoms with Crippen LogP contribution in [0.2, 0.25) is 0 Å². The number of aliphatic carboxylic acids is 1. The molecule has 0 saturated carbocycles. The molecule has 546 valence electrons. The summed E-state index contributed by atoms with van der Waals surface area (Å²) in [4.78, 5) is 113. The number of esters is 7. The molecule has 2 aliphatic heterocycles. The highest BCUT2D eigenvalue weighted by molar-refractivity contribution is 6.03. The molecule has 2 fully saturated rings. The molecule has 3 rings (SSSR count). The third-order valence-corrected chi connectivity index (χ3v) is 14.3. The van der Waals surface area contributed by atoms with E-state index in [1.54, 1.807) is 0 Å². The average Bonchev–Trinajstić information content (AvgIpc) is 0.810. The summed E-state index contributed by atoms with van der Waals surface area (Å²) in [5.74, 6) is -4.33. The number of hydrogen-bond acceptors (Lipinski definition) is 28. The highest BCUT2D eigenvalue weighted by Crippen LogP contribution is 2.26. The average molecular weight is 1380 g/mol. The third-order valence-electron chi connectivity index (χ3n) is 14.3. The van der Waals surface area contributed by atoms with Crippen LogP contribution in [0.25, 0.3) is 0 Å². The molecule has 97 heavy (non-hydrogen) atoms. The van der Waals surface area contributed by atoms with Gasteiger partial charge in [-0.05, 0) is 45.0 Å². The van der Waals surface area contributed by atoms with Crippen molar-refractivity contribution in [2.24, 2.45) is 10.8 Å². The number of nitrogens with zero attached hydrogens (tertiary/aromatic N) is 4. The molecule has 0 aromatic heterocycles. The number of carboxylic acid groups (broad SMARTS) is 1. The fourth-order valence-electron chi connectivity index (χ4n) is 8.91. The Bertz CT molecular complexity index is 2490. The maximum absolute atomic E-state index is 14.0. The molecule has 2 N–H and O–H groups in total. The first-order valence-electron chi connectivity index (χ1n) is 31.9. The van der Waals surface area contributed by atoms with Crippen molar-refractivity contribution in [2.45, 2.75) is 46.1 Å². The molecule has 29 heteroatoms. The van der Waals surface area contributed by atoms with Gasteiger partial charge in [0.1, 0.15) is 46.2 Å². The summed E-state index contributed by atoms with van der Waals surface area (Å²) < 4.78 is 75.9. The van der Waals surface area contributed by atoms with Crippen molar-refractivity contribution < 1.29 is 120 Å². The number of ether oxygens (including phenoxy) is 14. The van der Waals surface area contributed by atoms with E-state index in [1.807, 2.05) is 52.0 Å². The zero-order valence-corrected chi connectivity index (χ0v) is 57.1. The molecule has 0 atom stereocenters. The van der Waals surface area contributed by atoms with Gasteiger partial charge in [0.05, 0.1) is 116 Å². The van der Waals surface area contributed by atoms with E-state index in [0.717, 1.165) is 68.3 Å². The van der Waals surface area contributed by atoms with Gasteiger partial charge in [-0.15, -0.1) is 0 Å². The third kappa shape index (κ3) is 40.7. The van der Waals surface area contributed by atoms with Crippen LogP contribution in [0.5, 0.6) is 0 Å². The summed E-state index contributed by atoms with van der Waals surface area (Å²) in [6, 6.07) is 7.76. The number of ketones is 1. The fourth-order valence-corrected chi connectivity index (χ4v) is 8.91. The number of Topliss-reactive ketones (excluding diaryl/α,β-unsaturated/α-hetero) is 1. The Morgan fingerprint density at radius 2 is 0.753 bits per heavy atom. The number of carbonyl (C=O) groups excluding carboxylic acids is 8. The predicted molar refractivity (Wildman–Crippen MR) is 355 cm³/mol. The molecule has 0 unspecified atom stereocenters. The number of aliphatic hydroxyl groups is 1. The Morgan fingerprint density at radius 3 is 1.08 bits per heavy atom. The van der Waals surface area contributed by atoms with Gasteiger partial charge in [0, 0.05) is 125 Å². The van der Waals surface area contributed by atoms with Gasteiger partial charge in [-0.3, -0.25) is 24.2 Å². The topological polar surface area (TPSA) is 336 Å². The van der Waals surface area contributed by atoms with Crippen LogP contribution in [0.4, 0.5) is 5.69 Å². The van der Waals surface area contributed by atoms with Gasteiger partial charge >= 0.3 is 47.8 Å². The van der Waals surface area contributed by atoms with E-state index in [4.69, 9.17) is 71.8 Å².